The van der Waals surface area contributed by atoms with Gasteiger partial charge in [0.2, 0.25) is 0 Å². The number of phenolic OH excluding ortho intramolecular Hbond substituents is 1. The lowest BCUT2D eigenvalue weighted by Gasteiger charge is -2.08. The maximum Gasteiger partial charge on any atom is 0.279 e. The topological polar surface area (TPSA) is 78.9 Å². The number of amides is 2. The Hall–Kier alpha value is -1.80. The standard InChI is InChI=1S/C13H12N2O4S2/c1-3-19-7-5-4-6(16)9-10(7)21-13(20-9)8-11(17)14-15(2)12(8)18/h4-5,16H,3H2,1-2H3,(H,14,17)/b13-8-. The second kappa shape index (κ2) is 5.19. The van der Waals surface area contributed by atoms with Gasteiger partial charge < -0.3 is 9.84 Å². The molecule has 2 N–H and O–H groups in total. The molecule has 2 heterocycles. The Morgan fingerprint density at radius 2 is 2.00 bits per heavy atom. The number of aromatic hydroxyl groups is 1. The molecule has 1 fully saturated rings. The average molecular weight is 324 g/mol. The van der Waals surface area contributed by atoms with Crippen LogP contribution in [0.1, 0.15) is 6.92 Å². The minimum atomic E-state index is -0.428. The van der Waals surface area contributed by atoms with E-state index in [9.17, 15) is 14.7 Å². The van der Waals surface area contributed by atoms with E-state index in [0.29, 0.717) is 21.5 Å². The van der Waals surface area contributed by atoms with Gasteiger partial charge in [-0.05, 0) is 19.1 Å². The summed E-state index contributed by atoms with van der Waals surface area (Å²) in [7, 11) is 1.49. The first-order valence-electron chi connectivity index (χ1n) is 6.20. The van der Waals surface area contributed by atoms with Gasteiger partial charge in [-0.3, -0.25) is 20.0 Å². The molecule has 0 saturated carbocycles. The number of rotatable bonds is 2. The van der Waals surface area contributed by atoms with Crippen LogP contribution >= 0.6 is 23.5 Å². The second-order valence-electron chi connectivity index (χ2n) is 4.35. The van der Waals surface area contributed by atoms with Crippen molar-refractivity contribution in [3.8, 4) is 11.5 Å². The van der Waals surface area contributed by atoms with E-state index in [-0.39, 0.29) is 17.2 Å². The molecule has 1 aromatic carbocycles. The van der Waals surface area contributed by atoms with Crippen molar-refractivity contribution in [1.29, 1.82) is 0 Å². The number of carbonyl (C=O) groups is 2. The first kappa shape index (κ1) is 14.2. The summed E-state index contributed by atoms with van der Waals surface area (Å²) in [6, 6.07) is 3.23. The van der Waals surface area contributed by atoms with Crippen LogP contribution in [0.5, 0.6) is 11.5 Å². The van der Waals surface area contributed by atoms with Gasteiger partial charge in [-0.1, -0.05) is 23.5 Å². The summed E-state index contributed by atoms with van der Waals surface area (Å²) >= 11 is 2.49. The molecule has 2 amide bonds. The molecule has 6 nitrogen and oxygen atoms in total. The first-order valence-corrected chi connectivity index (χ1v) is 7.84. The van der Waals surface area contributed by atoms with Gasteiger partial charge in [0.15, 0.2) is 0 Å². The van der Waals surface area contributed by atoms with Gasteiger partial charge in [0.25, 0.3) is 11.8 Å². The fraction of sp³-hybridized carbons (Fsp3) is 0.231. The van der Waals surface area contributed by atoms with E-state index in [1.165, 1.54) is 30.6 Å². The Kier molecular flexibility index (Phi) is 3.50. The monoisotopic (exact) mass is 324 g/mol. The number of thioether (sulfide) groups is 2. The molecule has 1 saturated heterocycles. The molecule has 0 unspecified atom stereocenters. The van der Waals surface area contributed by atoms with Crippen molar-refractivity contribution in [2.45, 2.75) is 16.7 Å². The van der Waals surface area contributed by atoms with E-state index < -0.39 is 5.91 Å². The molecular formula is C13H12N2O4S2. The smallest absolute Gasteiger partial charge is 0.279 e. The predicted molar refractivity (Wildman–Crippen MR) is 78.9 cm³/mol. The summed E-state index contributed by atoms with van der Waals surface area (Å²) < 4.78 is 6.08. The summed E-state index contributed by atoms with van der Waals surface area (Å²) in [6.07, 6.45) is 0. The van der Waals surface area contributed by atoms with Crippen molar-refractivity contribution < 1.29 is 19.4 Å². The normalized spacial score (nSPS) is 20.8. The Morgan fingerprint density at radius 1 is 1.29 bits per heavy atom. The zero-order chi connectivity index (χ0) is 15.1. The molecule has 3 rings (SSSR count). The number of hydrazine groups is 1. The minimum Gasteiger partial charge on any atom is -0.507 e. The molecule has 0 spiro atoms. The van der Waals surface area contributed by atoms with Crippen LogP contribution in [0.15, 0.2) is 31.7 Å². The van der Waals surface area contributed by atoms with Crippen molar-refractivity contribution >= 4 is 35.3 Å². The maximum absolute atomic E-state index is 12.0. The van der Waals surface area contributed by atoms with Gasteiger partial charge in [-0.15, -0.1) is 0 Å². The molecule has 1 aromatic rings. The molecule has 0 radical (unpaired) electrons. The van der Waals surface area contributed by atoms with Gasteiger partial charge in [-0.25, -0.2) is 0 Å². The van der Waals surface area contributed by atoms with E-state index in [0.717, 1.165) is 9.90 Å². The van der Waals surface area contributed by atoms with Crippen molar-refractivity contribution in [1.82, 2.24) is 10.4 Å². The molecule has 21 heavy (non-hydrogen) atoms. The third-order valence-corrected chi connectivity index (χ3v) is 5.60. The number of benzene rings is 1. The zero-order valence-electron chi connectivity index (χ0n) is 11.3. The molecule has 2 aliphatic heterocycles. The van der Waals surface area contributed by atoms with Crippen molar-refractivity contribution in [3.63, 3.8) is 0 Å². The summed E-state index contributed by atoms with van der Waals surface area (Å²) in [5.74, 6) is -0.0543. The highest BCUT2D eigenvalue weighted by atomic mass is 32.2. The fourth-order valence-corrected chi connectivity index (χ4v) is 4.65. The van der Waals surface area contributed by atoms with Crippen LogP contribution in [0.25, 0.3) is 0 Å². The van der Waals surface area contributed by atoms with Crippen LogP contribution in [0.2, 0.25) is 0 Å². The Balaban J connectivity index is 2.05. The lowest BCUT2D eigenvalue weighted by Crippen LogP contribution is -2.31. The summed E-state index contributed by atoms with van der Waals surface area (Å²) in [5, 5.41) is 11.1. The van der Waals surface area contributed by atoms with Gasteiger partial charge in [0.1, 0.15) is 17.1 Å². The zero-order valence-corrected chi connectivity index (χ0v) is 12.9. The predicted octanol–water partition coefficient (Wildman–Crippen LogP) is 1.70. The number of hydrogen-bond donors (Lipinski definition) is 2. The molecule has 0 atom stereocenters. The quantitative estimate of drug-likeness (QED) is 0.637. The van der Waals surface area contributed by atoms with Gasteiger partial charge >= 0.3 is 0 Å². The number of phenols is 1. The van der Waals surface area contributed by atoms with Crippen LogP contribution in [0.4, 0.5) is 0 Å². The number of nitrogens with zero attached hydrogens (tertiary/aromatic N) is 1. The summed E-state index contributed by atoms with van der Waals surface area (Å²) in [4.78, 5) is 25.2. The van der Waals surface area contributed by atoms with Crippen LogP contribution in [-0.2, 0) is 9.59 Å². The molecule has 110 valence electrons. The number of carbonyl (C=O) groups excluding carboxylic acids is 2. The fourth-order valence-electron chi connectivity index (χ4n) is 2.01. The first-order chi connectivity index (χ1) is 10.0. The molecule has 2 aliphatic rings. The number of likely N-dealkylation sites (N-methyl/N-ethyl adjacent to an activating group) is 1. The van der Waals surface area contributed by atoms with Crippen LogP contribution in [0.3, 0.4) is 0 Å². The largest absolute Gasteiger partial charge is 0.507 e. The van der Waals surface area contributed by atoms with E-state index in [1.54, 1.807) is 12.1 Å². The minimum absolute atomic E-state index is 0.102. The average Bonchev–Trinajstić information content (AvgIpc) is 2.97. The number of fused-ring (bicyclic) bond motifs is 1. The van der Waals surface area contributed by atoms with Crippen LogP contribution in [-0.4, -0.2) is 35.6 Å². The highest BCUT2D eigenvalue weighted by Gasteiger charge is 2.38. The highest BCUT2D eigenvalue weighted by molar-refractivity contribution is 8.25. The Morgan fingerprint density at radius 3 is 2.62 bits per heavy atom. The van der Waals surface area contributed by atoms with Crippen molar-refractivity contribution in [2.75, 3.05) is 13.7 Å². The molecule has 0 aromatic heterocycles. The van der Waals surface area contributed by atoms with Crippen LogP contribution in [0, 0.1) is 0 Å². The molecule has 0 bridgehead atoms. The second-order valence-corrected chi connectivity index (χ2v) is 6.65. The highest BCUT2D eigenvalue weighted by Crippen LogP contribution is 2.58. The maximum atomic E-state index is 12.0. The Labute approximate surface area is 129 Å². The van der Waals surface area contributed by atoms with Gasteiger partial charge in [0.05, 0.1) is 20.6 Å². The number of ether oxygens (including phenoxy) is 1. The molecule has 0 aliphatic carbocycles. The van der Waals surface area contributed by atoms with E-state index >= 15 is 0 Å². The summed E-state index contributed by atoms with van der Waals surface area (Å²) in [6.45, 7) is 2.37. The molecule has 8 heteroatoms. The van der Waals surface area contributed by atoms with Gasteiger partial charge in [0, 0.05) is 7.05 Å². The molecular weight excluding hydrogens is 312 g/mol. The van der Waals surface area contributed by atoms with Crippen LogP contribution < -0.4 is 10.2 Å². The van der Waals surface area contributed by atoms with E-state index in [4.69, 9.17) is 4.74 Å². The number of hydrogen-bond acceptors (Lipinski definition) is 6. The number of nitrogens with one attached hydrogen (secondary N) is 1. The van der Waals surface area contributed by atoms with E-state index in [1.807, 2.05) is 6.92 Å². The lowest BCUT2D eigenvalue weighted by molar-refractivity contribution is -0.126. The summed E-state index contributed by atoms with van der Waals surface area (Å²) in [5.41, 5.74) is 2.54. The SMILES string of the molecule is CCOc1ccc(O)c2c1S/C(=C1/C(=O)NN(C)C1=O)S2. The van der Waals surface area contributed by atoms with Gasteiger partial charge in [-0.2, -0.15) is 0 Å². The van der Waals surface area contributed by atoms with Crippen molar-refractivity contribution in [2.24, 2.45) is 0 Å². The lowest BCUT2D eigenvalue weighted by atomic mass is 10.3. The van der Waals surface area contributed by atoms with Crippen molar-refractivity contribution in [3.05, 3.63) is 21.9 Å². The third-order valence-electron chi connectivity index (χ3n) is 2.96. The van der Waals surface area contributed by atoms with E-state index in [2.05, 4.69) is 5.43 Å². The Bertz CT molecular complexity index is 687. The third kappa shape index (κ3) is 2.24.